The number of anilines is 1. The first kappa shape index (κ1) is 29.0. The first-order valence-electron chi connectivity index (χ1n) is 15.4. The second-order valence-electron chi connectivity index (χ2n) is 12.5. The molecule has 6 rings (SSSR count). The van der Waals surface area contributed by atoms with Crippen LogP contribution in [0.3, 0.4) is 0 Å². The lowest BCUT2D eigenvalue weighted by Gasteiger charge is -2.34. The quantitative estimate of drug-likeness (QED) is 0.540. The zero-order valence-electron chi connectivity index (χ0n) is 24.5. The topological polar surface area (TPSA) is 103 Å². The normalized spacial score (nSPS) is 26.3. The van der Waals surface area contributed by atoms with Crippen molar-refractivity contribution in [3.8, 4) is 0 Å². The molecule has 2 aromatic rings. The molecule has 0 spiro atoms. The minimum Gasteiger partial charge on any atom is -0.342 e. The highest BCUT2D eigenvalue weighted by atomic mass is 19.1. The smallest absolute Gasteiger partial charge is 0.329 e. The molecule has 4 heterocycles. The number of benzene rings is 1. The lowest BCUT2D eigenvalue weighted by Crippen LogP contribution is -2.49. The van der Waals surface area contributed by atoms with E-state index < -0.39 is 17.7 Å². The molecule has 3 aliphatic heterocycles. The van der Waals surface area contributed by atoms with Gasteiger partial charge in [0.1, 0.15) is 11.3 Å². The van der Waals surface area contributed by atoms with Crippen molar-refractivity contribution in [2.24, 2.45) is 18.9 Å². The summed E-state index contributed by atoms with van der Waals surface area (Å²) in [5.41, 5.74) is 0.240. The molecule has 0 radical (unpaired) electrons. The Morgan fingerprint density at radius 2 is 1.79 bits per heavy atom. The number of piperidine rings is 1. The van der Waals surface area contributed by atoms with Crippen molar-refractivity contribution >= 4 is 34.6 Å². The van der Waals surface area contributed by atoms with E-state index in [4.69, 9.17) is 0 Å². The maximum absolute atomic E-state index is 15.9. The third kappa shape index (κ3) is 5.50. The number of rotatable bonds is 6. The number of likely N-dealkylation sites (tertiary alicyclic amines) is 2. The summed E-state index contributed by atoms with van der Waals surface area (Å²) in [6, 6.07) is 1.17. The Balaban J connectivity index is 1.07. The predicted molar refractivity (Wildman–Crippen MR) is 154 cm³/mol. The molecule has 1 atom stereocenters. The maximum atomic E-state index is 15.9. The number of carbonyl (C=O) groups excluding carboxylic acids is 3. The van der Waals surface area contributed by atoms with E-state index in [1.54, 1.807) is 7.05 Å². The number of aromatic nitrogens is 2. The van der Waals surface area contributed by atoms with Crippen LogP contribution in [0.1, 0.15) is 62.8 Å². The van der Waals surface area contributed by atoms with Gasteiger partial charge >= 0.3 is 6.03 Å². The van der Waals surface area contributed by atoms with Gasteiger partial charge in [-0.25, -0.2) is 13.6 Å². The Hall–Kier alpha value is -3.12. The van der Waals surface area contributed by atoms with Crippen LogP contribution in [0.2, 0.25) is 0 Å². The number of halogens is 2. The SMILES string of the molecule is CNC1CCC(C(=O)N2CC[C@@H](CN3CCC(c4c(F)cc5c(N6CCC(=O)NC6=O)nn(C)c5c4F)CC3)C2)CC1. The van der Waals surface area contributed by atoms with Gasteiger partial charge in [-0.2, -0.15) is 5.10 Å². The molecule has 0 bridgehead atoms. The first-order valence-corrected chi connectivity index (χ1v) is 15.4. The second-order valence-corrected chi connectivity index (χ2v) is 12.5. The molecule has 1 aromatic heterocycles. The zero-order chi connectivity index (χ0) is 29.5. The van der Waals surface area contributed by atoms with Crippen molar-refractivity contribution in [1.29, 1.82) is 0 Å². The summed E-state index contributed by atoms with van der Waals surface area (Å²) in [7, 11) is 3.57. The highest BCUT2D eigenvalue weighted by molar-refractivity contribution is 6.09. The van der Waals surface area contributed by atoms with Crippen LogP contribution in [0.15, 0.2) is 6.07 Å². The van der Waals surface area contributed by atoms with Gasteiger partial charge in [0.05, 0.1) is 5.39 Å². The number of amides is 4. The summed E-state index contributed by atoms with van der Waals surface area (Å²) in [5, 5.41) is 10.1. The molecule has 3 saturated heterocycles. The van der Waals surface area contributed by atoms with Crippen molar-refractivity contribution in [2.75, 3.05) is 51.2 Å². The van der Waals surface area contributed by atoms with Crippen molar-refractivity contribution < 1.29 is 23.2 Å². The van der Waals surface area contributed by atoms with Gasteiger partial charge < -0.3 is 15.1 Å². The zero-order valence-corrected chi connectivity index (χ0v) is 24.5. The fourth-order valence-electron chi connectivity index (χ4n) is 7.53. The number of carbonyl (C=O) groups is 3. The molecule has 1 aromatic carbocycles. The van der Waals surface area contributed by atoms with Crippen LogP contribution >= 0.6 is 0 Å². The summed E-state index contributed by atoms with van der Waals surface area (Å²) in [4.78, 5) is 42.7. The Labute approximate surface area is 244 Å². The summed E-state index contributed by atoms with van der Waals surface area (Å²) in [6.07, 6.45) is 6.44. The molecule has 2 N–H and O–H groups in total. The number of urea groups is 1. The molecule has 1 aliphatic carbocycles. The highest BCUT2D eigenvalue weighted by Gasteiger charge is 2.36. The third-order valence-corrected chi connectivity index (χ3v) is 9.94. The van der Waals surface area contributed by atoms with Crippen molar-refractivity contribution in [3.05, 3.63) is 23.3 Å². The van der Waals surface area contributed by atoms with Crippen molar-refractivity contribution in [2.45, 2.75) is 63.3 Å². The van der Waals surface area contributed by atoms with E-state index in [0.29, 0.717) is 30.7 Å². The molecular formula is C30H41F2N7O3. The van der Waals surface area contributed by atoms with E-state index in [9.17, 15) is 14.4 Å². The number of fused-ring (bicyclic) bond motifs is 1. The Morgan fingerprint density at radius 3 is 2.48 bits per heavy atom. The molecule has 12 heteroatoms. The average molecular weight is 586 g/mol. The van der Waals surface area contributed by atoms with Crippen LogP contribution in [-0.4, -0.2) is 89.8 Å². The van der Waals surface area contributed by atoms with Crippen LogP contribution in [-0.2, 0) is 16.6 Å². The minimum absolute atomic E-state index is 0.0839. The van der Waals surface area contributed by atoms with Gasteiger partial charge in [0, 0.05) is 57.2 Å². The number of hydrogen-bond acceptors (Lipinski definition) is 6. The van der Waals surface area contributed by atoms with Gasteiger partial charge in [-0.15, -0.1) is 0 Å². The van der Waals surface area contributed by atoms with Crippen molar-refractivity contribution in [1.82, 2.24) is 30.2 Å². The lowest BCUT2D eigenvalue weighted by atomic mass is 9.85. The Bertz CT molecular complexity index is 1360. The van der Waals surface area contributed by atoms with E-state index in [1.165, 1.54) is 15.6 Å². The molecule has 42 heavy (non-hydrogen) atoms. The Kier molecular flexibility index (Phi) is 8.19. The molecule has 228 valence electrons. The molecule has 1 saturated carbocycles. The third-order valence-electron chi connectivity index (χ3n) is 9.94. The van der Waals surface area contributed by atoms with E-state index in [0.717, 1.165) is 64.8 Å². The number of hydrogen-bond donors (Lipinski definition) is 2. The van der Waals surface area contributed by atoms with Gasteiger partial charge in [-0.1, -0.05) is 0 Å². The van der Waals surface area contributed by atoms with Gasteiger partial charge in [-0.05, 0) is 83.0 Å². The number of nitrogens with zero attached hydrogens (tertiary/aromatic N) is 5. The fourth-order valence-corrected chi connectivity index (χ4v) is 7.53. The van der Waals surface area contributed by atoms with Gasteiger partial charge in [0.25, 0.3) is 0 Å². The van der Waals surface area contributed by atoms with Crippen LogP contribution in [0.25, 0.3) is 10.9 Å². The monoisotopic (exact) mass is 585 g/mol. The fraction of sp³-hybridized carbons (Fsp3) is 0.667. The van der Waals surface area contributed by atoms with Crippen LogP contribution < -0.4 is 15.5 Å². The second kappa shape index (κ2) is 11.9. The maximum Gasteiger partial charge on any atom is 0.329 e. The molecular weight excluding hydrogens is 544 g/mol. The average Bonchev–Trinajstić information content (AvgIpc) is 3.57. The van der Waals surface area contributed by atoms with Gasteiger partial charge in [-0.3, -0.25) is 24.5 Å². The number of imide groups is 1. The molecule has 10 nitrogen and oxygen atoms in total. The molecule has 4 aliphatic rings. The predicted octanol–water partition coefficient (Wildman–Crippen LogP) is 3.10. The number of nitrogens with one attached hydrogen (secondary N) is 2. The van der Waals surface area contributed by atoms with Crippen LogP contribution in [0.4, 0.5) is 19.4 Å². The number of aryl methyl sites for hydroxylation is 1. The van der Waals surface area contributed by atoms with E-state index >= 15 is 8.78 Å². The van der Waals surface area contributed by atoms with Crippen LogP contribution in [0.5, 0.6) is 0 Å². The van der Waals surface area contributed by atoms with Gasteiger partial charge in [0.2, 0.25) is 11.8 Å². The summed E-state index contributed by atoms with van der Waals surface area (Å²) in [5.74, 6) is -0.854. The molecule has 0 unspecified atom stereocenters. The minimum atomic E-state index is -0.644. The van der Waals surface area contributed by atoms with E-state index in [2.05, 4.69) is 25.5 Å². The molecule has 4 fully saturated rings. The molecule has 4 amide bonds. The lowest BCUT2D eigenvalue weighted by molar-refractivity contribution is -0.135. The van der Waals surface area contributed by atoms with E-state index in [1.807, 2.05) is 7.05 Å². The highest BCUT2D eigenvalue weighted by Crippen LogP contribution is 2.38. The van der Waals surface area contributed by atoms with E-state index in [-0.39, 0.29) is 53.0 Å². The first-order chi connectivity index (χ1) is 20.2. The summed E-state index contributed by atoms with van der Waals surface area (Å²) in [6.45, 7) is 4.13. The Morgan fingerprint density at radius 1 is 1.05 bits per heavy atom. The summed E-state index contributed by atoms with van der Waals surface area (Å²) < 4.78 is 32.8. The van der Waals surface area contributed by atoms with Crippen molar-refractivity contribution in [3.63, 3.8) is 0 Å². The standard InChI is InChI=1S/C30H41F2N7O3/c1-33-21-5-3-20(4-6-21)29(41)38-13-7-18(17-38)16-37-11-8-19(9-12-37)25-23(31)15-22-27(26(25)32)36(2)35-28(22)39-14-10-24(40)34-30(39)42/h15,18-21,33H,3-14,16-17H2,1-2H3,(H,34,40,42)/t18-,20?,21?/m0/s1. The summed E-state index contributed by atoms with van der Waals surface area (Å²) >= 11 is 0. The van der Waals surface area contributed by atoms with Gasteiger partial charge in [0.15, 0.2) is 11.6 Å². The largest absolute Gasteiger partial charge is 0.342 e. The van der Waals surface area contributed by atoms with Crippen LogP contribution in [0, 0.1) is 23.5 Å².